The van der Waals surface area contributed by atoms with Gasteiger partial charge in [0.1, 0.15) is 5.75 Å². The smallest absolute Gasteiger partial charge is 0.252 e. The number of rotatable bonds is 2. The van der Waals surface area contributed by atoms with E-state index in [0.29, 0.717) is 5.92 Å². The van der Waals surface area contributed by atoms with Crippen LogP contribution in [0.1, 0.15) is 34.7 Å². The first-order valence-electron chi connectivity index (χ1n) is 4.31. The van der Waals surface area contributed by atoms with Crippen LogP contribution in [0, 0.1) is 0 Å². The van der Waals surface area contributed by atoms with Crippen LogP contribution in [-0.4, -0.2) is 11.0 Å². The standard InChI is InChI=1S/C10H11NO2/c11-10(13)8-4-3-7(5-9(8)12)6-1-2-6/h3-6,12H,1-2H2,(H2,11,13). The summed E-state index contributed by atoms with van der Waals surface area (Å²) in [5.41, 5.74) is 6.36. The van der Waals surface area contributed by atoms with Gasteiger partial charge in [0.2, 0.25) is 0 Å². The van der Waals surface area contributed by atoms with Crippen LogP contribution in [0.2, 0.25) is 0 Å². The molecule has 0 heterocycles. The quantitative estimate of drug-likeness (QED) is 0.716. The molecule has 1 aromatic rings. The highest BCUT2D eigenvalue weighted by Gasteiger charge is 2.24. The fourth-order valence-corrected chi connectivity index (χ4v) is 1.43. The highest BCUT2D eigenvalue weighted by molar-refractivity contribution is 5.95. The van der Waals surface area contributed by atoms with Crippen molar-refractivity contribution in [1.82, 2.24) is 0 Å². The number of hydrogen-bond acceptors (Lipinski definition) is 2. The number of benzene rings is 1. The minimum atomic E-state index is -0.583. The summed E-state index contributed by atoms with van der Waals surface area (Å²) in [6.45, 7) is 0. The van der Waals surface area contributed by atoms with Gasteiger partial charge in [0.05, 0.1) is 5.56 Å². The summed E-state index contributed by atoms with van der Waals surface area (Å²) >= 11 is 0. The van der Waals surface area contributed by atoms with Crippen LogP contribution < -0.4 is 5.73 Å². The second kappa shape index (κ2) is 2.76. The Bertz CT molecular complexity index is 356. The van der Waals surface area contributed by atoms with Crippen LogP contribution >= 0.6 is 0 Å². The molecule has 0 aliphatic heterocycles. The SMILES string of the molecule is NC(=O)c1ccc(C2CC2)cc1O. The maximum atomic E-state index is 10.8. The van der Waals surface area contributed by atoms with Crippen molar-refractivity contribution in [1.29, 1.82) is 0 Å². The van der Waals surface area contributed by atoms with E-state index in [-0.39, 0.29) is 11.3 Å². The van der Waals surface area contributed by atoms with Crippen molar-refractivity contribution in [3.05, 3.63) is 29.3 Å². The number of carbonyl (C=O) groups is 1. The summed E-state index contributed by atoms with van der Waals surface area (Å²) in [7, 11) is 0. The van der Waals surface area contributed by atoms with E-state index < -0.39 is 5.91 Å². The minimum Gasteiger partial charge on any atom is -0.507 e. The first-order valence-corrected chi connectivity index (χ1v) is 4.31. The van der Waals surface area contributed by atoms with Gasteiger partial charge in [-0.1, -0.05) is 6.07 Å². The van der Waals surface area contributed by atoms with E-state index in [4.69, 9.17) is 5.73 Å². The van der Waals surface area contributed by atoms with Gasteiger partial charge in [-0.25, -0.2) is 0 Å². The maximum Gasteiger partial charge on any atom is 0.252 e. The van der Waals surface area contributed by atoms with E-state index in [9.17, 15) is 9.90 Å². The molecule has 3 nitrogen and oxygen atoms in total. The third-order valence-corrected chi connectivity index (χ3v) is 2.34. The Labute approximate surface area is 76.2 Å². The fourth-order valence-electron chi connectivity index (χ4n) is 1.43. The van der Waals surface area contributed by atoms with Crippen molar-refractivity contribution in [2.75, 3.05) is 0 Å². The molecule has 13 heavy (non-hydrogen) atoms. The molecule has 1 fully saturated rings. The Hall–Kier alpha value is -1.51. The molecule has 0 spiro atoms. The Kier molecular flexibility index (Phi) is 1.72. The molecule has 0 unspecified atom stereocenters. The van der Waals surface area contributed by atoms with Crippen LogP contribution in [0.3, 0.4) is 0 Å². The van der Waals surface area contributed by atoms with Crippen molar-refractivity contribution in [2.24, 2.45) is 5.73 Å². The van der Waals surface area contributed by atoms with Gasteiger partial charge in [0, 0.05) is 0 Å². The maximum absolute atomic E-state index is 10.8. The summed E-state index contributed by atoms with van der Waals surface area (Å²) in [6, 6.07) is 5.08. The number of aromatic hydroxyl groups is 1. The molecule has 0 atom stereocenters. The molecule has 1 saturated carbocycles. The van der Waals surface area contributed by atoms with Crippen molar-refractivity contribution >= 4 is 5.91 Å². The predicted molar refractivity (Wildman–Crippen MR) is 48.6 cm³/mol. The Morgan fingerprint density at radius 2 is 2.15 bits per heavy atom. The zero-order valence-electron chi connectivity index (χ0n) is 7.16. The zero-order valence-corrected chi connectivity index (χ0v) is 7.16. The number of primary amides is 1. The Morgan fingerprint density at radius 3 is 2.62 bits per heavy atom. The third kappa shape index (κ3) is 1.49. The highest BCUT2D eigenvalue weighted by Crippen LogP contribution is 2.41. The monoisotopic (exact) mass is 177 g/mol. The van der Waals surface area contributed by atoms with Crippen LogP contribution in [0.4, 0.5) is 0 Å². The normalized spacial score (nSPS) is 15.7. The second-order valence-electron chi connectivity index (χ2n) is 3.42. The highest BCUT2D eigenvalue weighted by atomic mass is 16.3. The topological polar surface area (TPSA) is 63.3 Å². The van der Waals surface area contributed by atoms with Crippen molar-refractivity contribution in [2.45, 2.75) is 18.8 Å². The molecule has 2 rings (SSSR count). The molecule has 0 saturated heterocycles. The van der Waals surface area contributed by atoms with Gasteiger partial charge >= 0.3 is 0 Å². The minimum absolute atomic E-state index is 0.00287. The van der Waals surface area contributed by atoms with Gasteiger partial charge in [0.15, 0.2) is 0 Å². The summed E-state index contributed by atoms with van der Waals surface area (Å²) in [5, 5.41) is 9.44. The summed E-state index contributed by atoms with van der Waals surface area (Å²) < 4.78 is 0. The molecule has 0 radical (unpaired) electrons. The van der Waals surface area contributed by atoms with E-state index in [1.54, 1.807) is 12.1 Å². The first-order chi connectivity index (χ1) is 6.18. The van der Waals surface area contributed by atoms with E-state index >= 15 is 0 Å². The lowest BCUT2D eigenvalue weighted by Crippen LogP contribution is -2.11. The van der Waals surface area contributed by atoms with Gasteiger partial charge in [-0.15, -0.1) is 0 Å². The van der Waals surface area contributed by atoms with Gasteiger partial charge in [-0.3, -0.25) is 4.79 Å². The first kappa shape index (κ1) is 8.10. The molecular weight excluding hydrogens is 166 g/mol. The lowest BCUT2D eigenvalue weighted by Gasteiger charge is -2.02. The van der Waals surface area contributed by atoms with E-state index in [1.807, 2.05) is 6.07 Å². The molecule has 3 N–H and O–H groups in total. The molecule has 68 valence electrons. The van der Waals surface area contributed by atoms with Crippen LogP contribution in [-0.2, 0) is 0 Å². The van der Waals surface area contributed by atoms with Crippen molar-refractivity contribution in [3.8, 4) is 5.75 Å². The van der Waals surface area contributed by atoms with Crippen LogP contribution in [0.25, 0.3) is 0 Å². The third-order valence-electron chi connectivity index (χ3n) is 2.34. The molecule has 3 heteroatoms. The van der Waals surface area contributed by atoms with E-state index in [2.05, 4.69) is 0 Å². The Balaban J connectivity index is 2.36. The van der Waals surface area contributed by atoms with E-state index in [1.165, 1.54) is 12.8 Å². The summed E-state index contributed by atoms with van der Waals surface area (Å²) in [5.74, 6) is -0.00965. The zero-order chi connectivity index (χ0) is 9.42. The van der Waals surface area contributed by atoms with Gasteiger partial charge < -0.3 is 10.8 Å². The average Bonchev–Trinajstić information content (AvgIpc) is 2.85. The summed E-state index contributed by atoms with van der Waals surface area (Å²) in [6.07, 6.45) is 2.35. The Morgan fingerprint density at radius 1 is 1.46 bits per heavy atom. The average molecular weight is 177 g/mol. The number of phenols is 1. The molecule has 1 aromatic carbocycles. The van der Waals surface area contributed by atoms with Crippen LogP contribution in [0.5, 0.6) is 5.75 Å². The van der Waals surface area contributed by atoms with Gasteiger partial charge in [0.25, 0.3) is 5.91 Å². The number of hydrogen-bond donors (Lipinski definition) is 2. The fraction of sp³-hybridized carbons (Fsp3) is 0.300. The van der Waals surface area contributed by atoms with Crippen molar-refractivity contribution in [3.63, 3.8) is 0 Å². The van der Waals surface area contributed by atoms with Crippen LogP contribution in [0.15, 0.2) is 18.2 Å². The van der Waals surface area contributed by atoms with Crippen molar-refractivity contribution < 1.29 is 9.90 Å². The molecule has 1 aliphatic carbocycles. The van der Waals surface area contributed by atoms with E-state index in [0.717, 1.165) is 5.56 Å². The molecule has 0 bridgehead atoms. The second-order valence-corrected chi connectivity index (χ2v) is 3.42. The number of amides is 1. The molecule has 0 aromatic heterocycles. The molecule has 1 aliphatic rings. The van der Waals surface area contributed by atoms with Gasteiger partial charge in [-0.2, -0.15) is 0 Å². The molecule has 1 amide bonds. The predicted octanol–water partition coefficient (Wildman–Crippen LogP) is 1.37. The van der Waals surface area contributed by atoms with Gasteiger partial charge in [-0.05, 0) is 36.5 Å². The lowest BCUT2D eigenvalue weighted by atomic mass is 10.1. The number of carbonyl (C=O) groups excluding carboxylic acids is 1. The molecular formula is C10H11NO2. The number of nitrogens with two attached hydrogens (primary N) is 1. The lowest BCUT2D eigenvalue weighted by molar-refractivity contribution is 0.0998. The summed E-state index contributed by atoms with van der Waals surface area (Å²) in [4.78, 5) is 10.8. The largest absolute Gasteiger partial charge is 0.507 e.